The second-order valence-corrected chi connectivity index (χ2v) is 10.3. The highest BCUT2D eigenvalue weighted by Crippen LogP contribution is 2.59. The van der Waals surface area contributed by atoms with E-state index < -0.39 is 0 Å². The summed E-state index contributed by atoms with van der Waals surface area (Å²) in [6.45, 7) is 1.22. The van der Waals surface area contributed by atoms with Gasteiger partial charge >= 0.3 is 0 Å². The van der Waals surface area contributed by atoms with Gasteiger partial charge in [0, 0.05) is 34.7 Å². The molecule has 2 aromatic rings. The van der Waals surface area contributed by atoms with E-state index in [9.17, 15) is 5.26 Å². The van der Waals surface area contributed by atoms with Gasteiger partial charge in [0.2, 0.25) is 5.95 Å². The molecule has 4 saturated carbocycles. The molecular weight excluding hydrogens is 431 g/mol. The van der Waals surface area contributed by atoms with Gasteiger partial charge in [0.1, 0.15) is 17.5 Å². The minimum Gasteiger partial charge on any atom is -0.368 e. The van der Waals surface area contributed by atoms with Crippen LogP contribution in [0.3, 0.4) is 0 Å². The van der Waals surface area contributed by atoms with Gasteiger partial charge in [0.25, 0.3) is 0 Å². The number of anilines is 2. The second-order valence-electron chi connectivity index (χ2n) is 9.52. The van der Waals surface area contributed by atoms with Crippen LogP contribution in [-0.2, 0) is 6.54 Å². The maximum absolute atomic E-state index is 9.54. The van der Waals surface area contributed by atoms with Crippen molar-refractivity contribution in [3.63, 3.8) is 0 Å². The molecule has 162 valence electrons. The summed E-state index contributed by atoms with van der Waals surface area (Å²) in [5.74, 6) is 3.10. The average Bonchev–Trinajstić information content (AvgIpc) is 2.75. The van der Waals surface area contributed by atoms with Crippen molar-refractivity contribution >= 4 is 35.0 Å². The number of rotatable bonds is 6. The lowest BCUT2D eigenvalue weighted by atomic mass is 9.48. The van der Waals surface area contributed by atoms with Crippen molar-refractivity contribution in [2.24, 2.45) is 28.9 Å². The molecule has 0 radical (unpaired) electrons. The lowest BCUT2D eigenvalue weighted by Gasteiger charge is -2.59. The number of aromatic nitrogens is 2. The van der Waals surface area contributed by atoms with Crippen LogP contribution in [0.25, 0.3) is 0 Å². The summed E-state index contributed by atoms with van der Waals surface area (Å²) in [6, 6.07) is 7.98. The first-order valence-corrected chi connectivity index (χ1v) is 11.7. The molecule has 4 N–H and O–H groups in total. The SMILES string of the molecule is N#Cc1cnc(NCc2c(Cl)cccc2Cl)nc1NCC12CC3C[C@H](C1)C(N)[C@@H](C3)C2. The van der Waals surface area contributed by atoms with Gasteiger partial charge in [0.05, 0.1) is 6.20 Å². The number of nitrogens with zero attached hydrogens (tertiary/aromatic N) is 3. The Kier molecular flexibility index (Phi) is 5.45. The lowest BCUT2D eigenvalue weighted by molar-refractivity contribution is -0.0591. The van der Waals surface area contributed by atoms with E-state index in [4.69, 9.17) is 28.9 Å². The molecule has 0 saturated heterocycles. The van der Waals surface area contributed by atoms with Gasteiger partial charge < -0.3 is 16.4 Å². The number of hydrogen-bond acceptors (Lipinski definition) is 6. The summed E-state index contributed by atoms with van der Waals surface area (Å²) < 4.78 is 0. The normalized spacial score (nSPS) is 30.8. The molecule has 0 spiro atoms. The Morgan fingerprint density at radius 1 is 1.13 bits per heavy atom. The Bertz CT molecular complexity index is 999. The third-order valence-electron chi connectivity index (χ3n) is 7.50. The van der Waals surface area contributed by atoms with Crippen molar-refractivity contribution in [1.29, 1.82) is 5.26 Å². The maximum atomic E-state index is 9.54. The molecule has 1 aromatic heterocycles. The molecule has 4 aliphatic carbocycles. The van der Waals surface area contributed by atoms with Crippen LogP contribution in [-0.4, -0.2) is 22.6 Å². The molecule has 8 heteroatoms. The maximum Gasteiger partial charge on any atom is 0.224 e. The van der Waals surface area contributed by atoms with E-state index in [1.54, 1.807) is 18.3 Å². The van der Waals surface area contributed by atoms with Gasteiger partial charge in [-0.1, -0.05) is 29.3 Å². The van der Waals surface area contributed by atoms with Gasteiger partial charge in [-0.3, -0.25) is 0 Å². The monoisotopic (exact) mass is 456 g/mol. The molecule has 0 amide bonds. The number of nitrogens with one attached hydrogen (secondary N) is 2. The molecule has 6 rings (SSSR count). The van der Waals surface area contributed by atoms with E-state index in [0.29, 0.717) is 51.8 Å². The standard InChI is InChI=1S/C23H26Cl2N6/c24-18-2-1-3-19(25)17(18)11-29-22-28-10-16(9-26)21(31-22)30-12-23-6-13-4-14(7-23)20(27)15(5-13)8-23/h1-3,10,13-15,20H,4-8,11-12,27H2,(H2,28,29,30,31)/t13?,14-,15+,20?,23?. The quantitative estimate of drug-likeness (QED) is 0.575. The lowest BCUT2D eigenvalue weighted by Crippen LogP contribution is -2.58. The molecule has 1 heterocycles. The topological polar surface area (TPSA) is 99.6 Å². The Morgan fingerprint density at radius 2 is 1.84 bits per heavy atom. The summed E-state index contributed by atoms with van der Waals surface area (Å²) in [5, 5.41) is 17.4. The average molecular weight is 457 g/mol. The Morgan fingerprint density at radius 3 is 2.52 bits per heavy atom. The molecule has 1 aromatic carbocycles. The van der Waals surface area contributed by atoms with Gasteiger partial charge in [-0.2, -0.15) is 10.2 Å². The van der Waals surface area contributed by atoms with Crippen molar-refractivity contribution in [1.82, 2.24) is 9.97 Å². The summed E-state index contributed by atoms with van der Waals surface area (Å²) in [7, 11) is 0. The van der Waals surface area contributed by atoms with Crippen LogP contribution in [0, 0.1) is 34.5 Å². The first-order chi connectivity index (χ1) is 15.0. The zero-order valence-corrected chi connectivity index (χ0v) is 18.8. The van der Waals surface area contributed by atoms with Crippen LogP contribution in [0.1, 0.15) is 43.2 Å². The first-order valence-electron chi connectivity index (χ1n) is 10.9. The highest BCUT2D eigenvalue weighted by Gasteiger charge is 2.54. The third kappa shape index (κ3) is 3.95. The number of nitrogens with two attached hydrogens (primary N) is 1. The van der Waals surface area contributed by atoms with E-state index in [1.807, 2.05) is 6.07 Å². The molecule has 31 heavy (non-hydrogen) atoms. The molecule has 0 aliphatic heterocycles. The zero-order chi connectivity index (χ0) is 21.6. The molecular formula is C23H26Cl2N6. The predicted molar refractivity (Wildman–Crippen MR) is 123 cm³/mol. The van der Waals surface area contributed by atoms with Gasteiger partial charge in [-0.25, -0.2) is 4.98 Å². The number of hydrogen-bond donors (Lipinski definition) is 3. The Labute approximate surface area is 192 Å². The minimum atomic E-state index is 0.267. The molecule has 5 atom stereocenters. The summed E-state index contributed by atoms with van der Waals surface area (Å²) in [5.41, 5.74) is 7.99. The highest BCUT2D eigenvalue weighted by molar-refractivity contribution is 6.36. The van der Waals surface area contributed by atoms with Gasteiger partial charge in [-0.05, 0) is 67.4 Å². The third-order valence-corrected chi connectivity index (χ3v) is 8.21. The largest absolute Gasteiger partial charge is 0.368 e. The summed E-state index contributed by atoms with van der Waals surface area (Å²) in [6.07, 6.45) is 7.74. The number of nitriles is 1. The fourth-order valence-electron chi connectivity index (χ4n) is 6.27. The molecule has 4 fully saturated rings. The Hall–Kier alpha value is -2.07. The van der Waals surface area contributed by atoms with Crippen molar-refractivity contribution in [3.05, 3.63) is 45.6 Å². The van der Waals surface area contributed by atoms with E-state index >= 15 is 0 Å². The highest BCUT2D eigenvalue weighted by atomic mass is 35.5. The second kappa shape index (κ2) is 8.12. The molecule has 3 unspecified atom stereocenters. The molecule has 4 bridgehead atoms. The van der Waals surface area contributed by atoms with Crippen LogP contribution in [0.15, 0.2) is 24.4 Å². The summed E-state index contributed by atoms with van der Waals surface area (Å²) in [4.78, 5) is 8.86. The zero-order valence-electron chi connectivity index (χ0n) is 17.2. The van der Waals surface area contributed by atoms with Crippen LogP contribution >= 0.6 is 23.2 Å². The van der Waals surface area contributed by atoms with Gasteiger partial charge in [-0.15, -0.1) is 0 Å². The van der Waals surface area contributed by atoms with Crippen molar-refractivity contribution in [2.75, 3.05) is 17.2 Å². The summed E-state index contributed by atoms with van der Waals surface area (Å²) >= 11 is 12.5. The fraction of sp³-hybridized carbons (Fsp3) is 0.522. The van der Waals surface area contributed by atoms with Crippen LogP contribution in [0.4, 0.5) is 11.8 Å². The van der Waals surface area contributed by atoms with E-state index in [-0.39, 0.29) is 5.41 Å². The first kappa shape index (κ1) is 20.8. The Balaban J connectivity index is 1.30. The predicted octanol–water partition coefficient (Wildman–Crippen LogP) is 4.83. The van der Waals surface area contributed by atoms with E-state index in [1.165, 1.54) is 32.1 Å². The minimum absolute atomic E-state index is 0.267. The van der Waals surface area contributed by atoms with Crippen molar-refractivity contribution in [3.8, 4) is 6.07 Å². The van der Waals surface area contributed by atoms with E-state index in [0.717, 1.165) is 18.0 Å². The number of benzene rings is 1. The van der Waals surface area contributed by atoms with Crippen molar-refractivity contribution < 1.29 is 0 Å². The van der Waals surface area contributed by atoms with Crippen LogP contribution in [0.5, 0.6) is 0 Å². The van der Waals surface area contributed by atoms with Crippen LogP contribution in [0.2, 0.25) is 10.0 Å². The molecule has 4 aliphatic rings. The van der Waals surface area contributed by atoms with E-state index in [2.05, 4.69) is 26.7 Å². The fourth-order valence-corrected chi connectivity index (χ4v) is 6.80. The van der Waals surface area contributed by atoms with Crippen molar-refractivity contribution in [2.45, 2.75) is 44.7 Å². The smallest absolute Gasteiger partial charge is 0.224 e. The van der Waals surface area contributed by atoms with Gasteiger partial charge in [0.15, 0.2) is 0 Å². The molecule has 6 nitrogen and oxygen atoms in total. The van der Waals surface area contributed by atoms with Crippen LogP contribution < -0.4 is 16.4 Å². The number of halogens is 2.